The summed E-state index contributed by atoms with van der Waals surface area (Å²) in [5, 5.41) is 17.3. The first kappa shape index (κ1) is 22.1. The minimum atomic E-state index is -0.275. The second-order valence-electron chi connectivity index (χ2n) is 8.20. The molecule has 0 atom stereocenters. The number of para-hydroxylation sites is 1. The smallest absolute Gasteiger partial charge is 0.191 e. The molecular formula is C25H31FN4O2. The zero-order valence-corrected chi connectivity index (χ0v) is 18.7. The summed E-state index contributed by atoms with van der Waals surface area (Å²) in [5.74, 6) is 1.28. The highest BCUT2D eigenvalue weighted by atomic mass is 19.1. The van der Waals surface area contributed by atoms with Crippen LogP contribution in [0.15, 0.2) is 51.9 Å². The van der Waals surface area contributed by atoms with Gasteiger partial charge in [-0.1, -0.05) is 24.3 Å². The number of hydrogen-bond donors (Lipinski definition) is 3. The highest BCUT2D eigenvalue weighted by molar-refractivity contribution is 5.83. The number of hydrogen-bond acceptors (Lipinski definition) is 4. The van der Waals surface area contributed by atoms with Crippen molar-refractivity contribution < 1.29 is 13.9 Å². The van der Waals surface area contributed by atoms with E-state index in [0.29, 0.717) is 50.7 Å². The minimum absolute atomic E-state index is 0.245. The Morgan fingerprint density at radius 1 is 1.19 bits per heavy atom. The molecule has 3 aromatic rings. The minimum Gasteiger partial charge on any atom is -0.459 e. The highest BCUT2D eigenvalue weighted by Crippen LogP contribution is 2.25. The summed E-state index contributed by atoms with van der Waals surface area (Å²) in [6.45, 7) is 7.01. The fraction of sp³-hybridized carbons (Fsp3) is 0.400. The largest absolute Gasteiger partial charge is 0.459 e. The van der Waals surface area contributed by atoms with Crippen LogP contribution in [0.2, 0.25) is 0 Å². The number of nitrogens with zero attached hydrogens (tertiary/aromatic N) is 2. The van der Waals surface area contributed by atoms with Crippen molar-refractivity contribution in [3.8, 4) is 0 Å². The number of nitrogens with one attached hydrogen (secondary N) is 2. The van der Waals surface area contributed by atoms with Gasteiger partial charge in [-0.15, -0.1) is 0 Å². The van der Waals surface area contributed by atoms with Crippen molar-refractivity contribution in [3.05, 3.63) is 65.2 Å². The summed E-state index contributed by atoms with van der Waals surface area (Å²) in [6, 6.07) is 13.3. The van der Waals surface area contributed by atoms with Crippen LogP contribution < -0.4 is 15.5 Å². The van der Waals surface area contributed by atoms with Gasteiger partial charge in [-0.3, -0.25) is 0 Å². The molecule has 1 saturated heterocycles. The lowest BCUT2D eigenvalue weighted by molar-refractivity contribution is 0.145. The van der Waals surface area contributed by atoms with Gasteiger partial charge in [0.05, 0.1) is 24.9 Å². The van der Waals surface area contributed by atoms with Crippen molar-refractivity contribution in [1.82, 2.24) is 10.6 Å². The Balaban J connectivity index is 1.41. The van der Waals surface area contributed by atoms with Crippen LogP contribution in [0.1, 0.15) is 36.7 Å². The Morgan fingerprint density at radius 2 is 1.97 bits per heavy atom. The summed E-state index contributed by atoms with van der Waals surface area (Å²) in [4.78, 5) is 6.61. The number of aliphatic hydroxyl groups is 1. The highest BCUT2D eigenvalue weighted by Gasteiger charge is 2.19. The second kappa shape index (κ2) is 10.0. The van der Waals surface area contributed by atoms with E-state index in [9.17, 15) is 9.50 Å². The third kappa shape index (κ3) is 5.05. The van der Waals surface area contributed by atoms with Gasteiger partial charge in [-0.25, -0.2) is 9.38 Å². The summed E-state index contributed by atoms with van der Waals surface area (Å²) < 4.78 is 20.7. The van der Waals surface area contributed by atoms with E-state index in [0.717, 1.165) is 34.4 Å². The average molecular weight is 439 g/mol. The molecule has 7 heteroatoms. The van der Waals surface area contributed by atoms with Crippen LogP contribution >= 0.6 is 0 Å². The third-order valence-corrected chi connectivity index (χ3v) is 5.94. The van der Waals surface area contributed by atoms with Crippen molar-refractivity contribution in [2.45, 2.75) is 45.9 Å². The molecule has 1 aliphatic rings. The number of guanidine groups is 1. The molecule has 170 valence electrons. The van der Waals surface area contributed by atoms with E-state index in [2.05, 4.69) is 28.6 Å². The lowest BCUT2D eigenvalue weighted by Crippen LogP contribution is -2.37. The van der Waals surface area contributed by atoms with E-state index < -0.39 is 0 Å². The second-order valence-corrected chi connectivity index (χ2v) is 8.20. The summed E-state index contributed by atoms with van der Waals surface area (Å²) in [7, 11) is 0. The number of fused-ring (bicyclic) bond motifs is 1. The van der Waals surface area contributed by atoms with E-state index in [1.165, 1.54) is 0 Å². The number of halogens is 1. The van der Waals surface area contributed by atoms with Gasteiger partial charge < -0.3 is 25.1 Å². The van der Waals surface area contributed by atoms with Crippen molar-refractivity contribution in [3.63, 3.8) is 0 Å². The maximum atomic E-state index is 14.7. The number of aryl methyl sites for hydroxylation is 1. The van der Waals surface area contributed by atoms with Crippen LogP contribution in [0, 0.1) is 12.7 Å². The number of piperidine rings is 1. The molecule has 0 unspecified atom stereocenters. The van der Waals surface area contributed by atoms with E-state index >= 15 is 0 Å². The molecule has 2 heterocycles. The van der Waals surface area contributed by atoms with Gasteiger partial charge in [-0.2, -0.15) is 0 Å². The Labute approximate surface area is 188 Å². The number of aliphatic imine (C=N–C) groups is 1. The number of benzene rings is 2. The molecule has 0 saturated carbocycles. The first-order valence-corrected chi connectivity index (χ1v) is 11.3. The third-order valence-electron chi connectivity index (χ3n) is 5.94. The maximum absolute atomic E-state index is 14.7. The SMILES string of the molecule is CCNC(=NCc1ccc(N2CCC(O)CC2)c(F)c1)NCc1oc2ccccc2c1C. The van der Waals surface area contributed by atoms with Gasteiger partial charge in [0.15, 0.2) is 5.96 Å². The molecule has 2 aromatic carbocycles. The molecule has 6 nitrogen and oxygen atoms in total. The number of aliphatic hydroxyl groups excluding tert-OH is 1. The molecule has 4 rings (SSSR count). The standard InChI is InChI=1S/C25H31FN4O2/c1-3-27-25(29-16-24-17(2)20-6-4-5-7-23(20)32-24)28-15-18-8-9-22(21(26)14-18)30-12-10-19(31)11-13-30/h4-9,14,19,31H,3,10-13,15-16H2,1-2H3,(H2,27,28,29). The number of furan rings is 1. The lowest BCUT2D eigenvalue weighted by atomic mass is 10.1. The predicted molar refractivity (Wildman–Crippen MR) is 126 cm³/mol. The number of rotatable bonds is 6. The monoisotopic (exact) mass is 438 g/mol. The first-order valence-electron chi connectivity index (χ1n) is 11.3. The van der Waals surface area contributed by atoms with Gasteiger partial charge in [-0.05, 0) is 50.5 Å². The zero-order chi connectivity index (χ0) is 22.5. The van der Waals surface area contributed by atoms with Crippen LogP contribution in [0.25, 0.3) is 11.0 Å². The molecule has 0 aliphatic carbocycles. The topological polar surface area (TPSA) is 73.0 Å². The van der Waals surface area contributed by atoms with Crippen LogP contribution in [-0.4, -0.2) is 36.8 Å². The lowest BCUT2D eigenvalue weighted by Gasteiger charge is -2.31. The Kier molecular flexibility index (Phi) is 6.95. The molecule has 3 N–H and O–H groups in total. The van der Waals surface area contributed by atoms with Crippen LogP contribution in [0.5, 0.6) is 0 Å². The Morgan fingerprint density at radius 3 is 2.69 bits per heavy atom. The van der Waals surface area contributed by atoms with Crippen molar-refractivity contribution in [2.24, 2.45) is 4.99 Å². The quantitative estimate of drug-likeness (QED) is 0.399. The van der Waals surface area contributed by atoms with Crippen molar-refractivity contribution >= 4 is 22.6 Å². The van der Waals surface area contributed by atoms with E-state index in [1.54, 1.807) is 6.07 Å². The summed E-state index contributed by atoms with van der Waals surface area (Å²) in [5.41, 5.74) is 3.39. The normalized spacial score (nSPS) is 15.4. The van der Waals surface area contributed by atoms with Crippen LogP contribution in [-0.2, 0) is 13.1 Å². The average Bonchev–Trinajstić information content (AvgIpc) is 3.12. The summed E-state index contributed by atoms with van der Waals surface area (Å²) >= 11 is 0. The summed E-state index contributed by atoms with van der Waals surface area (Å²) in [6.07, 6.45) is 1.07. The molecule has 0 radical (unpaired) electrons. The molecular weight excluding hydrogens is 407 g/mol. The van der Waals surface area contributed by atoms with E-state index in [4.69, 9.17) is 4.42 Å². The van der Waals surface area contributed by atoms with Gasteiger partial charge in [0, 0.05) is 30.6 Å². The van der Waals surface area contributed by atoms with Gasteiger partial charge in [0.1, 0.15) is 17.2 Å². The van der Waals surface area contributed by atoms with Gasteiger partial charge in [0.25, 0.3) is 0 Å². The van der Waals surface area contributed by atoms with Gasteiger partial charge >= 0.3 is 0 Å². The molecule has 1 aromatic heterocycles. The fourth-order valence-electron chi connectivity index (χ4n) is 4.08. The van der Waals surface area contributed by atoms with Crippen LogP contribution in [0.4, 0.5) is 10.1 Å². The van der Waals surface area contributed by atoms with Crippen molar-refractivity contribution in [1.29, 1.82) is 0 Å². The molecule has 32 heavy (non-hydrogen) atoms. The molecule has 1 aliphatic heterocycles. The maximum Gasteiger partial charge on any atom is 0.191 e. The molecule has 0 bridgehead atoms. The first-order chi connectivity index (χ1) is 15.5. The zero-order valence-electron chi connectivity index (χ0n) is 18.7. The molecule has 1 fully saturated rings. The van der Waals surface area contributed by atoms with Crippen molar-refractivity contribution in [2.75, 3.05) is 24.5 Å². The van der Waals surface area contributed by atoms with E-state index in [1.807, 2.05) is 42.2 Å². The Hall–Kier alpha value is -3.06. The number of anilines is 1. The predicted octanol–water partition coefficient (Wildman–Crippen LogP) is 4.10. The van der Waals surface area contributed by atoms with Crippen LogP contribution in [0.3, 0.4) is 0 Å². The fourth-order valence-corrected chi connectivity index (χ4v) is 4.08. The molecule has 0 spiro atoms. The van der Waals surface area contributed by atoms with E-state index in [-0.39, 0.29) is 11.9 Å². The molecule has 0 amide bonds. The van der Waals surface area contributed by atoms with Gasteiger partial charge in [0.2, 0.25) is 0 Å². The Bertz CT molecular complexity index is 1090.